The number of piperidine rings is 1. The third kappa shape index (κ3) is 1.07. The lowest BCUT2D eigenvalue weighted by molar-refractivity contribution is 0.440. The van der Waals surface area contributed by atoms with Gasteiger partial charge in [0, 0.05) is 24.2 Å². The van der Waals surface area contributed by atoms with Crippen LogP contribution in [0, 0.1) is 6.92 Å². The number of fused-ring (bicyclic) bond motifs is 3. The van der Waals surface area contributed by atoms with Crippen LogP contribution in [0.2, 0.25) is 0 Å². The molecule has 1 aromatic carbocycles. The molecule has 2 aliphatic heterocycles. The smallest absolute Gasteiger partial charge is 0.0408 e. The summed E-state index contributed by atoms with van der Waals surface area (Å²) in [6.07, 6.45) is 1.25. The molecule has 14 heavy (non-hydrogen) atoms. The van der Waals surface area contributed by atoms with Crippen molar-refractivity contribution in [3.8, 4) is 0 Å². The molecule has 0 aliphatic carbocycles. The first-order valence-electron chi connectivity index (χ1n) is 5.43. The van der Waals surface area contributed by atoms with Crippen molar-refractivity contribution in [1.29, 1.82) is 0 Å². The van der Waals surface area contributed by atoms with E-state index in [2.05, 4.69) is 35.8 Å². The maximum Gasteiger partial charge on any atom is 0.0408 e. The highest BCUT2D eigenvalue weighted by atomic mass is 15.0. The Morgan fingerprint density at radius 3 is 3.21 bits per heavy atom. The molecule has 2 aliphatic rings. The molecule has 0 radical (unpaired) electrons. The van der Waals surface area contributed by atoms with Crippen molar-refractivity contribution in [2.45, 2.75) is 25.3 Å². The van der Waals surface area contributed by atoms with Crippen LogP contribution in [0.1, 0.15) is 23.5 Å². The van der Waals surface area contributed by atoms with E-state index < -0.39 is 0 Å². The zero-order chi connectivity index (χ0) is 9.54. The third-order valence-electron chi connectivity index (χ3n) is 3.52. The number of rotatable bonds is 0. The van der Waals surface area contributed by atoms with Crippen molar-refractivity contribution in [1.82, 2.24) is 5.32 Å². The van der Waals surface area contributed by atoms with Gasteiger partial charge in [0.05, 0.1) is 0 Å². The number of aryl methyl sites for hydroxylation is 1. The van der Waals surface area contributed by atoms with E-state index in [1.165, 1.54) is 23.2 Å². The van der Waals surface area contributed by atoms with Crippen molar-refractivity contribution < 1.29 is 0 Å². The molecule has 1 aromatic rings. The average Bonchev–Trinajstić information content (AvgIpc) is 2.59. The molecular weight excluding hydrogens is 172 g/mol. The molecule has 0 aromatic heterocycles. The van der Waals surface area contributed by atoms with Gasteiger partial charge in [-0.05, 0) is 31.0 Å². The van der Waals surface area contributed by atoms with Gasteiger partial charge in [-0.2, -0.15) is 0 Å². The zero-order valence-corrected chi connectivity index (χ0v) is 8.51. The monoisotopic (exact) mass is 188 g/mol. The summed E-state index contributed by atoms with van der Waals surface area (Å²) in [6.45, 7) is 4.48. The summed E-state index contributed by atoms with van der Waals surface area (Å²) >= 11 is 0. The minimum absolute atomic E-state index is 0.673. The number of nitrogens with one attached hydrogen (secondary N) is 2. The van der Waals surface area contributed by atoms with Gasteiger partial charge < -0.3 is 10.6 Å². The highest BCUT2D eigenvalue weighted by Crippen LogP contribution is 2.39. The Kier molecular flexibility index (Phi) is 1.77. The predicted molar refractivity (Wildman–Crippen MR) is 58.8 cm³/mol. The second kappa shape index (κ2) is 2.99. The Bertz CT molecular complexity index is 359. The number of anilines is 1. The predicted octanol–water partition coefficient (Wildman–Crippen LogP) is 1.87. The number of para-hydroxylation sites is 1. The quantitative estimate of drug-likeness (QED) is 0.649. The second-order valence-electron chi connectivity index (χ2n) is 4.39. The first-order valence-corrected chi connectivity index (χ1v) is 5.43. The number of hydrogen-bond donors (Lipinski definition) is 2. The van der Waals surface area contributed by atoms with Crippen LogP contribution in [-0.2, 0) is 0 Å². The van der Waals surface area contributed by atoms with E-state index in [9.17, 15) is 0 Å². The Morgan fingerprint density at radius 2 is 2.29 bits per heavy atom. The van der Waals surface area contributed by atoms with Crippen LogP contribution in [0.3, 0.4) is 0 Å². The van der Waals surface area contributed by atoms with Crippen molar-refractivity contribution in [3.63, 3.8) is 0 Å². The maximum absolute atomic E-state index is 3.66. The van der Waals surface area contributed by atoms with Crippen molar-refractivity contribution >= 4 is 5.69 Å². The molecule has 3 rings (SSSR count). The number of hydrogen-bond acceptors (Lipinski definition) is 2. The van der Waals surface area contributed by atoms with E-state index >= 15 is 0 Å². The van der Waals surface area contributed by atoms with Gasteiger partial charge in [-0.1, -0.05) is 18.2 Å². The summed E-state index contributed by atoms with van der Waals surface area (Å²) in [6, 6.07) is 7.31. The van der Waals surface area contributed by atoms with Crippen LogP contribution in [0.5, 0.6) is 0 Å². The van der Waals surface area contributed by atoms with E-state index in [1.807, 2.05) is 0 Å². The van der Waals surface area contributed by atoms with Crippen LogP contribution in [0.15, 0.2) is 18.2 Å². The molecule has 2 atom stereocenters. The van der Waals surface area contributed by atoms with Crippen LogP contribution >= 0.6 is 0 Å². The van der Waals surface area contributed by atoms with Gasteiger partial charge in [0.25, 0.3) is 0 Å². The largest absolute Gasteiger partial charge is 0.381 e. The third-order valence-corrected chi connectivity index (χ3v) is 3.52. The zero-order valence-electron chi connectivity index (χ0n) is 8.51. The standard InChI is InChI=1S/C12H16N2/c1-8-3-2-4-9-10-7-13-6-5-11(10)14-12(8)9/h2-4,10-11,13-14H,5-7H2,1H3. The normalized spacial score (nSPS) is 29.2. The first-order chi connectivity index (χ1) is 6.86. The highest BCUT2D eigenvalue weighted by Gasteiger charge is 2.34. The highest BCUT2D eigenvalue weighted by molar-refractivity contribution is 5.64. The van der Waals surface area contributed by atoms with Gasteiger partial charge in [0.1, 0.15) is 0 Å². The van der Waals surface area contributed by atoms with Crippen LogP contribution in [-0.4, -0.2) is 19.1 Å². The van der Waals surface area contributed by atoms with E-state index in [0.717, 1.165) is 13.1 Å². The summed E-state index contributed by atoms with van der Waals surface area (Å²) < 4.78 is 0. The van der Waals surface area contributed by atoms with Gasteiger partial charge in [0.15, 0.2) is 0 Å². The van der Waals surface area contributed by atoms with Crippen molar-refractivity contribution in [2.24, 2.45) is 0 Å². The summed E-state index contributed by atoms with van der Waals surface area (Å²) in [4.78, 5) is 0. The van der Waals surface area contributed by atoms with Crippen LogP contribution < -0.4 is 10.6 Å². The van der Waals surface area contributed by atoms with Crippen molar-refractivity contribution in [2.75, 3.05) is 18.4 Å². The molecule has 2 unspecified atom stereocenters. The average molecular weight is 188 g/mol. The van der Waals surface area contributed by atoms with Crippen LogP contribution in [0.25, 0.3) is 0 Å². The topological polar surface area (TPSA) is 24.1 Å². The first kappa shape index (κ1) is 8.30. The fourth-order valence-corrected chi connectivity index (χ4v) is 2.74. The van der Waals surface area contributed by atoms with Gasteiger partial charge in [-0.15, -0.1) is 0 Å². The number of benzene rings is 1. The van der Waals surface area contributed by atoms with Crippen molar-refractivity contribution in [3.05, 3.63) is 29.3 Å². The van der Waals surface area contributed by atoms with Gasteiger partial charge >= 0.3 is 0 Å². The van der Waals surface area contributed by atoms with E-state index in [0.29, 0.717) is 12.0 Å². The molecule has 2 heteroatoms. The maximum atomic E-state index is 3.66. The lowest BCUT2D eigenvalue weighted by atomic mass is 9.90. The minimum Gasteiger partial charge on any atom is -0.381 e. The molecule has 2 heterocycles. The summed E-state index contributed by atoms with van der Waals surface area (Å²) in [5, 5.41) is 7.14. The molecule has 0 spiro atoms. The Morgan fingerprint density at radius 1 is 1.36 bits per heavy atom. The molecular formula is C12H16N2. The lowest BCUT2D eigenvalue weighted by Gasteiger charge is -2.26. The molecule has 74 valence electrons. The van der Waals surface area contributed by atoms with Crippen LogP contribution in [0.4, 0.5) is 5.69 Å². The van der Waals surface area contributed by atoms with E-state index in [-0.39, 0.29) is 0 Å². The molecule has 2 nitrogen and oxygen atoms in total. The van der Waals surface area contributed by atoms with E-state index in [1.54, 1.807) is 0 Å². The summed E-state index contributed by atoms with van der Waals surface area (Å²) in [7, 11) is 0. The Labute approximate surface area is 84.7 Å². The SMILES string of the molecule is Cc1cccc2c1NC1CCNCC21. The lowest BCUT2D eigenvalue weighted by Crippen LogP contribution is -2.38. The molecule has 0 saturated carbocycles. The fourth-order valence-electron chi connectivity index (χ4n) is 2.74. The molecule has 0 amide bonds. The molecule has 1 saturated heterocycles. The van der Waals surface area contributed by atoms with Gasteiger partial charge in [0.2, 0.25) is 0 Å². The Balaban J connectivity index is 2.05. The Hall–Kier alpha value is -1.02. The molecule has 1 fully saturated rings. The molecule has 2 N–H and O–H groups in total. The summed E-state index contributed by atoms with van der Waals surface area (Å²) in [5.74, 6) is 0.693. The second-order valence-corrected chi connectivity index (χ2v) is 4.39. The van der Waals surface area contributed by atoms with E-state index in [4.69, 9.17) is 0 Å². The van der Waals surface area contributed by atoms with Gasteiger partial charge in [-0.25, -0.2) is 0 Å². The summed E-state index contributed by atoms with van der Waals surface area (Å²) in [5.41, 5.74) is 4.30. The fraction of sp³-hybridized carbons (Fsp3) is 0.500. The van der Waals surface area contributed by atoms with Gasteiger partial charge in [-0.3, -0.25) is 0 Å². The molecule has 0 bridgehead atoms. The minimum atomic E-state index is 0.673.